The van der Waals surface area contributed by atoms with Crippen molar-refractivity contribution < 1.29 is 14.9 Å². The first-order valence-electron chi connectivity index (χ1n) is 8.66. The van der Waals surface area contributed by atoms with E-state index >= 15 is 0 Å². The number of thiophene rings is 1. The van der Waals surface area contributed by atoms with Gasteiger partial charge in [0.15, 0.2) is 6.04 Å². The number of nitrogens with one attached hydrogen (secondary N) is 1. The van der Waals surface area contributed by atoms with Crippen molar-refractivity contribution in [2.45, 2.75) is 32.4 Å². The second-order valence-electron chi connectivity index (χ2n) is 6.29. The summed E-state index contributed by atoms with van der Waals surface area (Å²) < 4.78 is 0. The van der Waals surface area contributed by atoms with Crippen LogP contribution in [0, 0.1) is 0 Å². The highest BCUT2D eigenvalue weighted by Gasteiger charge is 2.33. The molecular weight excluding hydrogens is 334 g/mol. The van der Waals surface area contributed by atoms with Gasteiger partial charge < -0.3 is 10.6 Å². The molecule has 3 N–H and O–H groups in total. The lowest BCUT2D eigenvalue weighted by molar-refractivity contribution is -0.704. The Morgan fingerprint density at radius 2 is 2.08 bits per heavy atom. The van der Waals surface area contributed by atoms with E-state index < -0.39 is 0 Å². The number of hydrogen-bond acceptors (Lipinski definition) is 3. The third-order valence-corrected chi connectivity index (χ3v) is 5.55. The number of benzene rings is 1. The standard InChI is InChI=1S/C19H23N3O2S/c1-3-14-6-8-15(9-7-14)17(16-5-4-12-25-16)21-13(2)18(23)22-11-10-20-19(22)24/h4-9,12-13,17,21H,3,10-11H2,1-2H3,(H,20,24)/p+1/t13-,17-/m0/s1. The van der Waals surface area contributed by atoms with E-state index in [4.69, 9.17) is 0 Å². The van der Waals surface area contributed by atoms with Gasteiger partial charge in [0.25, 0.3) is 5.91 Å². The Morgan fingerprint density at radius 1 is 1.32 bits per heavy atom. The molecule has 0 saturated carbocycles. The predicted molar refractivity (Wildman–Crippen MR) is 98.5 cm³/mol. The summed E-state index contributed by atoms with van der Waals surface area (Å²) in [6, 6.07) is 12.1. The molecule has 3 amide bonds. The van der Waals surface area contributed by atoms with Crippen molar-refractivity contribution in [3.63, 3.8) is 0 Å². The highest BCUT2D eigenvalue weighted by atomic mass is 32.1. The van der Waals surface area contributed by atoms with Gasteiger partial charge in [0, 0.05) is 18.7 Å². The van der Waals surface area contributed by atoms with Gasteiger partial charge in [0.05, 0.1) is 4.88 Å². The third kappa shape index (κ3) is 3.91. The van der Waals surface area contributed by atoms with Crippen molar-refractivity contribution in [1.29, 1.82) is 0 Å². The Hall–Kier alpha value is -2.18. The lowest BCUT2D eigenvalue weighted by atomic mass is 10.0. The van der Waals surface area contributed by atoms with Crippen LogP contribution in [0.15, 0.2) is 41.8 Å². The molecule has 1 aliphatic heterocycles. The fourth-order valence-electron chi connectivity index (χ4n) is 3.10. The quantitative estimate of drug-likeness (QED) is 0.828. The number of hydrogen-bond donors (Lipinski definition) is 2. The van der Waals surface area contributed by atoms with Crippen molar-refractivity contribution in [3.05, 3.63) is 57.8 Å². The van der Waals surface area contributed by atoms with E-state index in [0.717, 1.165) is 6.42 Å². The number of aryl methyl sites for hydroxylation is 1. The van der Waals surface area contributed by atoms with Crippen LogP contribution < -0.4 is 10.6 Å². The maximum atomic E-state index is 12.6. The number of amides is 3. The van der Waals surface area contributed by atoms with Gasteiger partial charge in [-0.1, -0.05) is 37.3 Å². The molecule has 0 spiro atoms. The van der Waals surface area contributed by atoms with Crippen molar-refractivity contribution in [2.75, 3.05) is 13.1 Å². The third-order valence-electron chi connectivity index (χ3n) is 4.59. The van der Waals surface area contributed by atoms with E-state index in [-0.39, 0.29) is 24.0 Å². The summed E-state index contributed by atoms with van der Waals surface area (Å²) in [5, 5.41) is 6.79. The van der Waals surface area contributed by atoms with Gasteiger partial charge in [-0.05, 0) is 30.4 Å². The minimum Gasteiger partial charge on any atom is -0.336 e. The molecule has 132 valence electrons. The number of imide groups is 1. The molecule has 1 aromatic heterocycles. The number of nitrogens with zero attached hydrogens (tertiary/aromatic N) is 1. The maximum absolute atomic E-state index is 12.6. The fraction of sp³-hybridized carbons (Fsp3) is 0.368. The molecular formula is C19H24N3O2S+. The summed E-state index contributed by atoms with van der Waals surface area (Å²) >= 11 is 1.69. The van der Waals surface area contributed by atoms with Crippen LogP contribution in [0.25, 0.3) is 0 Å². The van der Waals surface area contributed by atoms with Crippen LogP contribution in [0.5, 0.6) is 0 Å². The molecule has 0 bridgehead atoms. The Kier molecular flexibility index (Phi) is 5.50. The van der Waals surface area contributed by atoms with Crippen LogP contribution in [0.3, 0.4) is 0 Å². The second kappa shape index (κ2) is 7.80. The van der Waals surface area contributed by atoms with E-state index in [1.165, 1.54) is 20.9 Å². The van der Waals surface area contributed by atoms with Crippen LogP contribution in [0.2, 0.25) is 0 Å². The van der Waals surface area contributed by atoms with Gasteiger partial charge in [0.2, 0.25) is 0 Å². The van der Waals surface area contributed by atoms with Gasteiger partial charge in [-0.2, -0.15) is 0 Å². The van der Waals surface area contributed by atoms with Crippen molar-refractivity contribution in [2.24, 2.45) is 0 Å². The van der Waals surface area contributed by atoms with Gasteiger partial charge >= 0.3 is 6.03 Å². The zero-order valence-corrected chi connectivity index (χ0v) is 15.4. The topological polar surface area (TPSA) is 66.0 Å². The summed E-state index contributed by atoms with van der Waals surface area (Å²) in [7, 11) is 0. The Morgan fingerprint density at radius 3 is 2.64 bits per heavy atom. The highest BCUT2D eigenvalue weighted by molar-refractivity contribution is 7.10. The first kappa shape index (κ1) is 17.6. The SMILES string of the molecule is CCc1ccc([C@H]([NH2+][C@@H](C)C(=O)N2CCNC2=O)c2cccs2)cc1. The molecule has 1 aromatic carbocycles. The lowest BCUT2D eigenvalue weighted by Crippen LogP contribution is -2.92. The van der Waals surface area contributed by atoms with Gasteiger partial charge in [-0.3, -0.25) is 9.69 Å². The lowest BCUT2D eigenvalue weighted by Gasteiger charge is -2.22. The number of rotatable bonds is 6. The molecule has 0 aliphatic carbocycles. The number of carbonyl (C=O) groups excluding carboxylic acids is 2. The molecule has 2 heterocycles. The number of carbonyl (C=O) groups is 2. The Balaban J connectivity index is 1.80. The monoisotopic (exact) mass is 358 g/mol. The highest BCUT2D eigenvalue weighted by Crippen LogP contribution is 2.23. The average molecular weight is 358 g/mol. The van der Waals surface area contributed by atoms with Crippen LogP contribution >= 0.6 is 11.3 Å². The molecule has 5 nitrogen and oxygen atoms in total. The fourth-order valence-corrected chi connectivity index (χ4v) is 3.93. The molecule has 6 heteroatoms. The van der Waals surface area contributed by atoms with E-state index in [2.05, 4.69) is 53.3 Å². The normalized spacial score (nSPS) is 16.6. The largest absolute Gasteiger partial charge is 0.336 e. The molecule has 2 aromatic rings. The van der Waals surface area contributed by atoms with Crippen molar-refractivity contribution >= 4 is 23.3 Å². The molecule has 0 unspecified atom stereocenters. The smallest absolute Gasteiger partial charge is 0.324 e. The number of quaternary nitrogens is 1. The van der Waals surface area contributed by atoms with E-state index in [9.17, 15) is 9.59 Å². The van der Waals surface area contributed by atoms with Crippen LogP contribution in [0.4, 0.5) is 4.79 Å². The molecule has 25 heavy (non-hydrogen) atoms. The van der Waals surface area contributed by atoms with Crippen LogP contribution in [0.1, 0.15) is 35.9 Å². The zero-order valence-electron chi connectivity index (χ0n) is 14.6. The predicted octanol–water partition coefficient (Wildman–Crippen LogP) is 1.90. The first-order chi connectivity index (χ1) is 12.1. The van der Waals surface area contributed by atoms with Crippen LogP contribution in [-0.4, -0.2) is 36.0 Å². The molecule has 1 aliphatic rings. The van der Waals surface area contributed by atoms with Gasteiger partial charge in [0.1, 0.15) is 6.04 Å². The van der Waals surface area contributed by atoms with Gasteiger partial charge in [-0.25, -0.2) is 4.79 Å². The minimum absolute atomic E-state index is 0.0514. The van der Waals surface area contributed by atoms with E-state index in [1.54, 1.807) is 11.3 Å². The van der Waals surface area contributed by atoms with E-state index in [1.807, 2.05) is 13.0 Å². The average Bonchev–Trinajstić information content (AvgIpc) is 3.30. The minimum atomic E-state index is -0.332. The molecule has 1 saturated heterocycles. The summed E-state index contributed by atoms with van der Waals surface area (Å²) in [6.45, 7) is 4.99. The summed E-state index contributed by atoms with van der Waals surface area (Å²) in [4.78, 5) is 26.9. The van der Waals surface area contributed by atoms with Gasteiger partial charge in [-0.15, -0.1) is 11.3 Å². The van der Waals surface area contributed by atoms with Crippen molar-refractivity contribution in [3.8, 4) is 0 Å². The van der Waals surface area contributed by atoms with Crippen LogP contribution in [-0.2, 0) is 11.2 Å². The summed E-state index contributed by atoms with van der Waals surface area (Å²) in [5.41, 5.74) is 2.47. The van der Waals surface area contributed by atoms with Crippen molar-refractivity contribution in [1.82, 2.24) is 10.2 Å². The number of nitrogens with two attached hydrogens (primary N) is 1. The Bertz CT molecular complexity index is 728. The number of urea groups is 1. The molecule has 3 rings (SSSR count). The zero-order chi connectivity index (χ0) is 17.8. The Labute approximate surface area is 152 Å². The first-order valence-corrected chi connectivity index (χ1v) is 9.54. The second-order valence-corrected chi connectivity index (χ2v) is 7.27. The molecule has 2 atom stereocenters. The van der Waals surface area contributed by atoms with E-state index in [0.29, 0.717) is 13.1 Å². The molecule has 0 radical (unpaired) electrons. The summed E-state index contributed by atoms with van der Waals surface area (Å²) in [6.07, 6.45) is 1.01. The maximum Gasteiger partial charge on any atom is 0.324 e. The molecule has 1 fully saturated rings. The summed E-state index contributed by atoms with van der Waals surface area (Å²) in [5.74, 6) is -0.137.